The van der Waals surface area contributed by atoms with Crippen LogP contribution in [0.2, 0.25) is 0 Å². The van der Waals surface area contributed by atoms with Crippen molar-refractivity contribution < 1.29 is 43.1 Å². The number of fused-ring (bicyclic) bond motifs is 2. The zero-order valence-corrected chi connectivity index (χ0v) is 21.3. The van der Waals surface area contributed by atoms with E-state index in [1.54, 1.807) is 87.0 Å². The summed E-state index contributed by atoms with van der Waals surface area (Å²) in [5.41, 5.74) is 1.23. The van der Waals surface area contributed by atoms with Gasteiger partial charge in [0.2, 0.25) is 6.29 Å². The number of carbonyl (C=O) groups excluding carboxylic acids is 2. The van der Waals surface area contributed by atoms with Crippen LogP contribution in [0.25, 0.3) is 0 Å². The summed E-state index contributed by atoms with van der Waals surface area (Å²) in [6.07, 6.45) is -4.95. The monoisotopic (exact) mass is 533 g/mol. The molecule has 202 valence electrons. The normalized spacial score (nSPS) is 28.0. The maximum Gasteiger partial charge on any atom is 0.262 e. The first-order valence-electron chi connectivity index (χ1n) is 12.5. The van der Waals surface area contributed by atoms with E-state index in [0.717, 1.165) is 10.5 Å². The number of rotatable bonds is 6. The van der Waals surface area contributed by atoms with Gasteiger partial charge in [0.05, 0.1) is 32.0 Å². The third kappa shape index (κ3) is 4.51. The number of benzene rings is 3. The number of ether oxygens (including phenoxy) is 6. The van der Waals surface area contributed by atoms with Gasteiger partial charge in [-0.1, -0.05) is 24.3 Å². The second-order valence-corrected chi connectivity index (χ2v) is 9.38. The minimum Gasteiger partial charge on any atom is -0.497 e. The first kappa shape index (κ1) is 25.3. The number of aliphatic hydroxyl groups excluding tert-OH is 1. The highest BCUT2D eigenvalue weighted by Gasteiger charge is 2.56. The molecule has 2 amide bonds. The van der Waals surface area contributed by atoms with Crippen molar-refractivity contribution in [3.63, 3.8) is 0 Å². The van der Waals surface area contributed by atoms with Crippen LogP contribution >= 0.6 is 0 Å². The standard InChI is InChI=1S/C29H27NO9/c1-34-17-9-7-16(8-10-17)28-36-15-22-25(39-28)24(31)23(29(38-22)37-19-13-11-18(35-2)12-14-19)30-26(32)20-5-3-4-6-21(20)27(30)33/h3-14,22-25,28-29,31H,15H2,1-2H3/t22?,23?,24-,25+,28?,29+/m0/s1. The predicted octanol–water partition coefficient (Wildman–Crippen LogP) is 2.95. The molecule has 0 spiro atoms. The Labute approximate surface area is 224 Å². The van der Waals surface area contributed by atoms with Gasteiger partial charge < -0.3 is 33.5 Å². The van der Waals surface area contributed by atoms with Gasteiger partial charge in [-0.15, -0.1) is 0 Å². The van der Waals surface area contributed by atoms with Gasteiger partial charge >= 0.3 is 0 Å². The number of nitrogens with zero attached hydrogens (tertiary/aromatic N) is 1. The molecular formula is C29H27NO9. The molecule has 6 rings (SSSR count). The second kappa shape index (κ2) is 10.3. The summed E-state index contributed by atoms with van der Waals surface area (Å²) < 4.78 is 34.9. The van der Waals surface area contributed by atoms with E-state index in [-0.39, 0.29) is 17.7 Å². The number of imide groups is 1. The third-order valence-corrected chi connectivity index (χ3v) is 7.16. The van der Waals surface area contributed by atoms with E-state index in [0.29, 0.717) is 17.2 Å². The Morgan fingerprint density at radius 1 is 0.795 bits per heavy atom. The van der Waals surface area contributed by atoms with E-state index >= 15 is 0 Å². The quantitative estimate of drug-likeness (QED) is 0.478. The average Bonchev–Trinajstić information content (AvgIpc) is 3.23. The van der Waals surface area contributed by atoms with Crippen LogP contribution in [-0.4, -0.2) is 73.3 Å². The molecule has 10 heteroatoms. The number of methoxy groups -OCH3 is 2. The molecule has 2 saturated heterocycles. The largest absolute Gasteiger partial charge is 0.497 e. The number of hydrogen-bond donors (Lipinski definition) is 1. The molecule has 3 heterocycles. The average molecular weight is 534 g/mol. The van der Waals surface area contributed by atoms with Gasteiger partial charge in [-0.25, -0.2) is 0 Å². The van der Waals surface area contributed by atoms with Gasteiger partial charge in [0.25, 0.3) is 11.8 Å². The van der Waals surface area contributed by atoms with Crippen LogP contribution in [0.15, 0.2) is 72.8 Å². The highest BCUT2D eigenvalue weighted by atomic mass is 16.7. The molecule has 6 atom stereocenters. The summed E-state index contributed by atoms with van der Waals surface area (Å²) in [6.45, 7) is 0.0930. The molecule has 3 unspecified atom stereocenters. The van der Waals surface area contributed by atoms with E-state index in [2.05, 4.69) is 0 Å². The van der Waals surface area contributed by atoms with Crippen LogP contribution in [-0.2, 0) is 14.2 Å². The molecule has 39 heavy (non-hydrogen) atoms. The van der Waals surface area contributed by atoms with E-state index < -0.39 is 48.7 Å². The highest BCUT2D eigenvalue weighted by molar-refractivity contribution is 6.21. The molecule has 3 aromatic carbocycles. The zero-order chi connectivity index (χ0) is 27.1. The smallest absolute Gasteiger partial charge is 0.262 e. The maximum atomic E-state index is 13.4. The molecule has 2 fully saturated rings. The molecule has 0 bridgehead atoms. The van der Waals surface area contributed by atoms with Crippen LogP contribution in [0.3, 0.4) is 0 Å². The summed E-state index contributed by atoms with van der Waals surface area (Å²) in [5.74, 6) is 0.634. The van der Waals surface area contributed by atoms with Crippen LogP contribution in [0, 0.1) is 0 Å². The number of aliphatic hydroxyl groups is 1. The molecular weight excluding hydrogens is 506 g/mol. The summed E-state index contributed by atoms with van der Waals surface area (Å²) in [6, 6.07) is 19.3. The lowest BCUT2D eigenvalue weighted by Crippen LogP contribution is -2.68. The molecule has 10 nitrogen and oxygen atoms in total. The maximum absolute atomic E-state index is 13.4. The van der Waals surface area contributed by atoms with Gasteiger partial charge in [0.15, 0.2) is 6.29 Å². The van der Waals surface area contributed by atoms with Crippen LogP contribution in [0.1, 0.15) is 32.6 Å². The minimum atomic E-state index is -1.33. The summed E-state index contributed by atoms with van der Waals surface area (Å²) in [7, 11) is 3.13. The van der Waals surface area contributed by atoms with Crippen molar-refractivity contribution in [1.82, 2.24) is 4.90 Å². The fourth-order valence-electron chi connectivity index (χ4n) is 5.15. The molecule has 0 saturated carbocycles. The van der Waals surface area contributed by atoms with E-state index in [4.69, 9.17) is 28.4 Å². The molecule has 0 aromatic heterocycles. The molecule has 3 aliphatic rings. The molecule has 1 N–H and O–H groups in total. The number of carbonyl (C=O) groups is 2. The van der Waals surface area contributed by atoms with Gasteiger partial charge in [0.1, 0.15) is 41.6 Å². The molecule has 0 aliphatic carbocycles. The van der Waals surface area contributed by atoms with E-state index in [9.17, 15) is 14.7 Å². The van der Waals surface area contributed by atoms with Crippen molar-refractivity contribution in [1.29, 1.82) is 0 Å². The lowest BCUT2D eigenvalue weighted by Gasteiger charge is -2.49. The highest BCUT2D eigenvalue weighted by Crippen LogP contribution is 2.39. The second-order valence-electron chi connectivity index (χ2n) is 9.38. The van der Waals surface area contributed by atoms with Crippen molar-refractivity contribution in [2.45, 2.75) is 36.9 Å². The Morgan fingerprint density at radius 2 is 1.36 bits per heavy atom. The number of hydrogen-bond acceptors (Lipinski definition) is 9. The van der Waals surface area contributed by atoms with Crippen molar-refractivity contribution in [2.24, 2.45) is 0 Å². The summed E-state index contributed by atoms with van der Waals surface area (Å²) >= 11 is 0. The molecule has 3 aromatic rings. The van der Waals surface area contributed by atoms with Crippen LogP contribution in [0.5, 0.6) is 17.2 Å². The van der Waals surface area contributed by atoms with Gasteiger partial charge in [0, 0.05) is 5.56 Å². The number of amides is 2. The SMILES string of the molecule is COc1ccc(O[C@@H]2OC3COC(c4ccc(OC)cc4)O[C@H]3[C@@H](O)C2N2C(=O)c3ccccc3C2=O)cc1. The summed E-state index contributed by atoms with van der Waals surface area (Å²) in [4.78, 5) is 27.9. The summed E-state index contributed by atoms with van der Waals surface area (Å²) in [5, 5.41) is 11.7. The zero-order valence-electron chi connectivity index (χ0n) is 21.3. The Balaban J connectivity index is 1.31. The molecule has 0 radical (unpaired) electrons. The first-order chi connectivity index (χ1) is 19.0. The molecule has 3 aliphatic heterocycles. The van der Waals surface area contributed by atoms with Crippen molar-refractivity contribution >= 4 is 11.8 Å². The third-order valence-electron chi connectivity index (χ3n) is 7.16. The Bertz CT molecular complexity index is 1320. The van der Waals surface area contributed by atoms with Gasteiger partial charge in [-0.2, -0.15) is 0 Å². The Kier molecular flexibility index (Phi) is 6.69. The fourth-order valence-corrected chi connectivity index (χ4v) is 5.15. The topological polar surface area (TPSA) is 113 Å². The van der Waals surface area contributed by atoms with Crippen molar-refractivity contribution in [3.05, 3.63) is 89.5 Å². The fraction of sp³-hybridized carbons (Fsp3) is 0.310. The van der Waals surface area contributed by atoms with Crippen LogP contribution < -0.4 is 14.2 Å². The van der Waals surface area contributed by atoms with Crippen LogP contribution in [0.4, 0.5) is 0 Å². The Morgan fingerprint density at radius 3 is 1.95 bits per heavy atom. The van der Waals surface area contributed by atoms with E-state index in [1.807, 2.05) is 0 Å². The van der Waals surface area contributed by atoms with Crippen molar-refractivity contribution in [3.8, 4) is 17.2 Å². The van der Waals surface area contributed by atoms with Crippen molar-refractivity contribution in [2.75, 3.05) is 20.8 Å². The van der Waals surface area contributed by atoms with Gasteiger partial charge in [-0.3, -0.25) is 14.5 Å². The Hall–Kier alpha value is -3.96. The predicted molar refractivity (Wildman–Crippen MR) is 136 cm³/mol. The minimum absolute atomic E-state index is 0.0930. The lowest BCUT2D eigenvalue weighted by molar-refractivity contribution is -0.338. The van der Waals surface area contributed by atoms with Gasteiger partial charge in [-0.05, 0) is 48.5 Å². The lowest BCUT2D eigenvalue weighted by atomic mass is 9.94. The van der Waals surface area contributed by atoms with E-state index in [1.165, 1.54) is 0 Å². The first-order valence-corrected chi connectivity index (χ1v) is 12.5.